The molecule has 1 aromatic heterocycles. The number of benzene rings is 1. The van der Waals surface area contributed by atoms with E-state index < -0.39 is 17.3 Å². The molecular formula is C18H17F3N4O. The summed E-state index contributed by atoms with van der Waals surface area (Å²) in [7, 11) is 0. The number of amides is 1. The highest BCUT2D eigenvalue weighted by molar-refractivity contribution is 6.06. The molecule has 136 valence electrons. The quantitative estimate of drug-likeness (QED) is 0.815. The molecule has 0 bridgehead atoms. The number of aromatic nitrogens is 1. The molecule has 1 aromatic carbocycles. The molecule has 1 spiro atoms. The molecule has 5 nitrogen and oxygen atoms in total. The van der Waals surface area contributed by atoms with Crippen LogP contribution in [0.5, 0.6) is 0 Å². The monoisotopic (exact) mass is 362 g/mol. The zero-order valence-corrected chi connectivity index (χ0v) is 13.8. The second-order valence-electron chi connectivity index (χ2n) is 6.59. The summed E-state index contributed by atoms with van der Waals surface area (Å²) in [5.41, 5.74) is 0.139. The van der Waals surface area contributed by atoms with Gasteiger partial charge in [0.15, 0.2) is 0 Å². The summed E-state index contributed by atoms with van der Waals surface area (Å²) in [4.78, 5) is 18.5. The van der Waals surface area contributed by atoms with Crippen LogP contribution in [0.15, 0.2) is 42.6 Å². The van der Waals surface area contributed by atoms with E-state index in [4.69, 9.17) is 0 Å². The number of fused-ring (bicyclic) bond motifs is 1. The summed E-state index contributed by atoms with van der Waals surface area (Å²) in [6.45, 7) is 0.883. The molecule has 1 saturated heterocycles. The van der Waals surface area contributed by atoms with Crippen LogP contribution < -0.4 is 15.5 Å². The maximum absolute atomic E-state index is 12.9. The Labute approximate surface area is 148 Å². The predicted octanol–water partition coefficient (Wildman–Crippen LogP) is 3.50. The van der Waals surface area contributed by atoms with Gasteiger partial charge < -0.3 is 15.5 Å². The molecule has 0 unspecified atom stereocenters. The lowest BCUT2D eigenvalue weighted by atomic mass is 9.84. The average molecular weight is 362 g/mol. The second-order valence-corrected chi connectivity index (χ2v) is 6.59. The van der Waals surface area contributed by atoms with Crippen LogP contribution >= 0.6 is 0 Å². The fourth-order valence-electron chi connectivity index (χ4n) is 3.49. The Morgan fingerprint density at radius 1 is 1.08 bits per heavy atom. The highest BCUT2D eigenvalue weighted by atomic mass is 19.4. The number of pyridine rings is 1. The number of carbonyl (C=O) groups excluding carboxylic acids is 1. The standard InChI is InChI=1S/C18H17F3N4O/c19-18(20,21)12-5-8-22-15(11-12)25-9-6-17(7-10-25)16(26)23-13-3-1-2-4-14(13)24-17/h1-5,8,11,24H,6-7,9-10H2,(H,23,26). The molecule has 2 N–H and O–H groups in total. The van der Waals surface area contributed by atoms with Gasteiger partial charge in [-0.15, -0.1) is 0 Å². The van der Waals surface area contributed by atoms with Gasteiger partial charge in [0.05, 0.1) is 16.9 Å². The van der Waals surface area contributed by atoms with Crippen molar-refractivity contribution in [2.45, 2.75) is 24.6 Å². The average Bonchev–Trinajstić information content (AvgIpc) is 2.63. The topological polar surface area (TPSA) is 57.3 Å². The molecule has 26 heavy (non-hydrogen) atoms. The SMILES string of the molecule is O=C1Nc2ccccc2NC12CCN(c1cc(C(F)(F)F)ccn1)CC2. The van der Waals surface area contributed by atoms with E-state index in [0.717, 1.165) is 23.5 Å². The van der Waals surface area contributed by atoms with Crippen molar-refractivity contribution in [3.63, 3.8) is 0 Å². The number of hydrogen-bond donors (Lipinski definition) is 2. The van der Waals surface area contributed by atoms with E-state index in [1.807, 2.05) is 24.3 Å². The predicted molar refractivity (Wildman–Crippen MR) is 92.1 cm³/mol. The third-order valence-electron chi connectivity index (χ3n) is 5.00. The number of nitrogens with zero attached hydrogens (tertiary/aromatic N) is 2. The minimum Gasteiger partial charge on any atom is -0.369 e. The van der Waals surface area contributed by atoms with Crippen molar-refractivity contribution < 1.29 is 18.0 Å². The molecule has 3 heterocycles. The first kappa shape index (κ1) is 16.7. The fraction of sp³-hybridized carbons (Fsp3) is 0.333. The molecule has 4 rings (SSSR count). The van der Waals surface area contributed by atoms with E-state index in [2.05, 4.69) is 15.6 Å². The van der Waals surface area contributed by atoms with E-state index in [-0.39, 0.29) is 11.7 Å². The van der Waals surface area contributed by atoms with Crippen molar-refractivity contribution in [2.24, 2.45) is 0 Å². The number of alkyl halides is 3. The van der Waals surface area contributed by atoms with Gasteiger partial charge in [-0.1, -0.05) is 12.1 Å². The van der Waals surface area contributed by atoms with Gasteiger partial charge in [-0.2, -0.15) is 13.2 Å². The van der Waals surface area contributed by atoms with Crippen molar-refractivity contribution in [3.8, 4) is 0 Å². The number of anilines is 3. The van der Waals surface area contributed by atoms with E-state index in [9.17, 15) is 18.0 Å². The van der Waals surface area contributed by atoms with E-state index in [1.54, 1.807) is 4.90 Å². The summed E-state index contributed by atoms with van der Waals surface area (Å²) in [6, 6.07) is 9.48. The number of halogens is 3. The van der Waals surface area contributed by atoms with Crippen LogP contribution in [0.25, 0.3) is 0 Å². The van der Waals surface area contributed by atoms with Gasteiger partial charge in [0.2, 0.25) is 5.91 Å². The summed E-state index contributed by atoms with van der Waals surface area (Å²) in [5.74, 6) is 0.180. The number of rotatable bonds is 1. The summed E-state index contributed by atoms with van der Waals surface area (Å²) < 4.78 is 38.7. The Morgan fingerprint density at radius 3 is 2.46 bits per heavy atom. The van der Waals surface area contributed by atoms with Gasteiger partial charge >= 0.3 is 6.18 Å². The Morgan fingerprint density at radius 2 is 1.77 bits per heavy atom. The maximum atomic E-state index is 12.9. The zero-order chi connectivity index (χ0) is 18.4. The number of para-hydroxylation sites is 2. The number of piperidine rings is 1. The number of carbonyl (C=O) groups is 1. The van der Waals surface area contributed by atoms with Gasteiger partial charge in [-0.3, -0.25) is 4.79 Å². The van der Waals surface area contributed by atoms with E-state index >= 15 is 0 Å². The van der Waals surface area contributed by atoms with Crippen molar-refractivity contribution in [1.29, 1.82) is 0 Å². The smallest absolute Gasteiger partial charge is 0.369 e. The van der Waals surface area contributed by atoms with Crippen LogP contribution in [-0.4, -0.2) is 29.5 Å². The van der Waals surface area contributed by atoms with Crippen LogP contribution in [0.2, 0.25) is 0 Å². The zero-order valence-electron chi connectivity index (χ0n) is 13.8. The van der Waals surface area contributed by atoms with E-state index in [1.165, 1.54) is 6.20 Å². The molecule has 1 amide bonds. The first-order chi connectivity index (χ1) is 12.4. The minimum atomic E-state index is -4.40. The largest absolute Gasteiger partial charge is 0.416 e. The molecule has 2 aliphatic heterocycles. The van der Waals surface area contributed by atoms with Gasteiger partial charge in [0, 0.05) is 19.3 Å². The van der Waals surface area contributed by atoms with Gasteiger partial charge in [0.25, 0.3) is 0 Å². The summed E-state index contributed by atoms with van der Waals surface area (Å²) in [5, 5.41) is 6.25. The normalized spacial score (nSPS) is 18.9. The van der Waals surface area contributed by atoms with Crippen LogP contribution in [0, 0.1) is 0 Å². The van der Waals surface area contributed by atoms with Crippen LogP contribution in [0.1, 0.15) is 18.4 Å². The van der Waals surface area contributed by atoms with Gasteiger partial charge in [0.1, 0.15) is 11.4 Å². The molecule has 0 saturated carbocycles. The Kier molecular flexibility index (Phi) is 3.78. The second kappa shape index (κ2) is 5.89. The highest BCUT2D eigenvalue weighted by Crippen LogP contribution is 2.37. The maximum Gasteiger partial charge on any atom is 0.416 e. The molecular weight excluding hydrogens is 345 g/mol. The Hall–Kier alpha value is -2.77. The van der Waals surface area contributed by atoms with Crippen LogP contribution in [0.4, 0.5) is 30.4 Å². The van der Waals surface area contributed by atoms with Crippen molar-refractivity contribution in [1.82, 2.24) is 4.98 Å². The Balaban J connectivity index is 1.52. The first-order valence-corrected chi connectivity index (χ1v) is 8.34. The fourth-order valence-corrected chi connectivity index (χ4v) is 3.49. The number of nitrogens with one attached hydrogen (secondary N) is 2. The summed E-state index contributed by atoms with van der Waals surface area (Å²) >= 11 is 0. The van der Waals surface area contributed by atoms with Crippen molar-refractivity contribution in [2.75, 3.05) is 28.6 Å². The molecule has 0 radical (unpaired) electrons. The third kappa shape index (κ3) is 2.85. The van der Waals surface area contributed by atoms with E-state index in [0.29, 0.717) is 25.9 Å². The lowest BCUT2D eigenvalue weighted by Gasteiger charge is -2.44. The molecule has 1 fully saturated rings. The Bertz CT molecular complexity index is 844. The minimum absolute atomic E-state index is 0.104. The van der Waals surface area contributed by atoms with Crippen LogP contribution in [-0.2, 0) is 11.0 Å². The van der Waals surface area contributed by atoms with Gasteiger partial charge in [-0.25, -0.2) is 4.98 Å². The third-order valence-corrected chi connectivity index (χ3v) is 5.00. The number of hydrogen-bond acceptors (Lipinski definition) is 4. The first-order valence-electron chi connectivity index (χ1n) is 8.34. The summed E-state index contributed by atoms with van der Waals surface area (Å²) in [6.07, 6.45) is -2.27. The van der Waals surface area contributed by atoms with Crippen molar-refractivity contribution >= 4 is 23.1 Å². The molecule has 8 heteroatoms. The highest BCUT2D eigenvalue weighted by Gasteiger charge is 2.44. The lowest BCUT2D eigenvalue weighted by molar-refractivity contribution is -0.137. The van der Waals surface area contributed by atoms with Crippen molar-refractivity contribution in [3.05, 3.63) is 48.2 Å². The van der Waals surface area contributed by atoms with Gasteiger partial charge in [-0.05, 0) is 37.1 Å². The molecule has 0 atom stereocenters. The molecule has 0 aliphatic carbocycles. The molecule has 2 aliphatic rings. The molecule has 2 aromatic rings. The lowest BCUT2D eigenvalue weighted by Crippen LogP contribution is -2.58. The van der Waals surface area contributed by atoms with Crippen LogP contribution in [0.3, 0.4) is 0 Å².